The van der Waals surface area contributed by atoms with Gasteiger partial charge < -0.3 is 11.1 Å². The van der Waals surface area contributed by atoms with E-state index >= 15 is 0 Å². The van der Waals surface area contributed by atoms with E-state index in [1.165, 1.54) is 5.56 Å². The van der Waals surface area contributed by atoms with Gasteiger partial charge in [-0.15, -0.1) is 0 Å². The first-order valence-electron chi connectivity index (χ1n) is 5.45. The van der Waals surface area contributed by atoms with Crippen molar-refractivity contribution in [3.05, 3.63) is 35.1 Å². The molecule has 2 heterocycles. The second-order valence-electron chi connectivity index (χ2n) is 4.86. The van der Waals surface area contributed by atoms with Crippen LogP contribution >= 0.6 is 11.6 Å². The molecule has 0 radical (unpaired) electrons. The van der Waals surface area contributed by atoms with Gasteiger partial charge in [-0.2, -0.15) is 0 Å². The SMILES string of the molecule is C=C(N)[C@H]1C[C@@]2(CNc3ncc(Cl)cc32)C1. The Kier molecular flexibility index (Phi) is 1.96. The van der Waals surface area contributed by atoms with Gasteiger partial charge in [0.05, 0.1) is 5.02 Å². The van der Waals surface area contributed by atoms with E-state index in [2.05, 4.69) is 16.9 Å². The number of anilines is 1. The van der Waals surface area contributed by atoms with E-state index in [9.17, 15) is 0 Å². The highest BCUT2D eigenvalue weighted by molar-refractivity contribution is 6.30. The molecule has 1 aromatic rings. The summed E-state index contributed by atoms with van der Waals surface area (Å²) in [5.74, 6) is 1.43. The molecule has 0 saturated heterocycles. The van der Waals surface area contributed by atoms with Crippen molar-refractivity contribution >= 4 is 17.4 Å². The summed E-state index contributed by atoms with van der Waals surface area (Å²) in [5, 5.41) is 4.04. The Morgan fingerprint density at radius 2 is 2.38 bits per heavy atom. The first kappa shape index (κ1) is 9.97. The lowest BCUT2D eigenvalue weighted by Crippen LogP contribution is -2.44. The van der Waals surface area contributed by atoms with Crippen molar-refractivity contribution in [3.8, 4) is 0 Å². The predicted octanol–water partition coefficient (Wildman–Crippen LogP) is 2.28. The predicted molar refractivity (Wildman–Crippen MR) is 65.5 cm³/mol. The van der Waals surface area contributed by atoms with Gasteiger partial charge in [0.25, 0.3) is 0 Å². The maximum atomic E-state index is 6.00. The summed E-state index contributed by atoms with van der Waals surface area (Å²) in [6, 6.07) is 2.03. The highest BCUT2D eigenvalue weighted by atomic mass is 35.5. The first-order valence-corrected chi connectivity index (χ1v) is 5.83. The lowest BCUT2D eigenvalue weighted by atomic mass is 9.59. The van der Waals surface area contributed by atoms with Gasteiger partial charge >= 0.3 is 0 Å². The second-order valence-corrected chi connectivity index (χ2v) is 5.30. The van der Waals surface area contributed by atoms with Crippen molar-refractivity contribution in [2.24, 2.45) is 11.7 Å². The smallest absolute Gasteiger partial charge is 0.129 e. The van der Waals surface area contributed by atoms with Crippen molar-refractivity contribution < 1.29 is 0 Å². The van der Waals surface area contributed by atoms with Crippen molar-refractivity contribution in [2.45, 2.75) is 18.3 Å². The zero-order chi connectivity index (χ0) is 11.3. The Hall–Kier alpha value is -1.22. The van der Waals surface area contributed by atoms with Gasteiger partial charge in [-0.1, -0.05) is 18.2 Å². The topological polar surface area (TPSA) is 50.9 Å². The molecule has 1 saturated carbocycles. The highest BCUT2D eigenvalue weighted by Crippen LogP contribution is 2.54. The zero-order valence-electron chi connectivity index (χ0n) is 8.96. The molecule has 0 unspecified atom stereocenters. The molecule has 0 atom stereocenters. The second kappa shape index (κ2) is 3.14. The molecular formula is C12H14ClN3. The molecule has 84 valence electrons. The van der Waals surface area contributed by atoms with Gasteiger partial charge in [0.15, 0.2) is 0 Å². The standard InChI is InChI=1S/C12H14ClN3/c1-7(14)8-3-12(4-8)6-16-11-10(12)2-9(13)5-15-11/h2,5,8H,1,3-4,6,14H2,(H,15,16)/t8-,12-. The van der Waals surface area contributed by atoms with E-state index in [0.717, 1.165) is 30.9 Å². The van der Waals surface area contributed by atoms with Gasteiger partial charge in [-0.05, 0) is 24.8 Å². The average molecular weight is 236 g/mol. The Morgan fingerprint density at radius 1 is 1.62 bits per heavy atom. The third-order valence-electron chi connectivity index (χ3n) is 3.82. The van der Waals surface area contributed by atoms with Crippen LogP contribution in [-0.4, -0.2) is 11.5 Å². The molecule has 16 heavy (non-hydrogen) atoms. The number of fused-ring (bicyclic) bond motifs is 2. The molecule has 3 N–H and O–H groups in total. The molecular weight excluding hydrogens is 222 g/mol. The average Bonchev–Trinajstić information content (AvgIpc) is 2.53. The maximum Gasteiger partial charge on any atom is 0.129 e. The maximum absolute atomic E-state index is 6.00. The van der Waals surface area contributed by atoms with Crippen LogP contribution in [-0.2, 0) is 5.41 Å². The molecule has 1 aromatic heterocycles. The number of hydrogen-bond donors (Lipinski definition) is 2. The molecule has 3 rings (SSSR count). The Balaban J connectivity index is 1.93. The van der Waals surface area contributed by atoms with Crippen molar-refractivity contribution in [2.75, 3.05) is 11.9 Å². The number of hydrogen-bond acceptors (Lipinski definition) is 3. The van der Waals surface area contributed by atoms with Crippen LogP contribution in [0.5, 0.6) is 0 Å². The monoisotopic (exact) mass is 235 g/mol. The molecule has 3 nitrogen and oxygen atoms in total. The van der Waals surface area contributed by atoms with Crippen LogP contribution in [0, 0.1) is 5.92 Å². The summed E-state index contributed by atoms with van der Waals surface area (Å²) in [6.45, 7) is 4.76. The van der Waals surface area contributed by atoms with Crippen LogP contribution in [0.2, 0.25) is 5.02 Å². The van der Waals surface area contributed by atoms with E-state index in [0.29, 0.717) is 10.9 Å². The summed E-state index contributed by atoms with van der Waals surface area (Å²) in [5.41, 5.74) is 7.98. The number of pyridine rings is 1. The van der Waals surface area contributed by atoms with E-state index in [-0.39, 0.29) is 5.41 Å². The van der Waals surface area contributed by atoms with Crippen LogP contribution in [0.1, 0.15) is 18.4 Å². The fourth-order valence-corrected chi connectivity index (χ4v) is 3.00. The summed E-state index contributed by atoms with van der Waals surface area (Å²) in [4.78, 5) is 4.31. The Morgan fingerprint density at radius 3 is 3.06 bits per heavy atom. The lowest BCUT2D eigenvalue weighted by Gasteiger charge is -2.45. The molecule has 4 heteroatoms. The molecule has 0 aromatic carbocycles. The van der Waals surface area contributed by atoms with Crippen LogP contribution in [0.15, 0.2) is 24.5 Å². The molecule has 2 aliphatic rings. The molecule has 0 bridgehead atoms. The normalized spacial score (nSPS) is 30.7. The number of aromatic nitrogens is 1. The minimum absolute atomic E-state index is 0.195. The van der Waals surface area contributed by atoms with Crippen LogP contribution in [0.4, 0.5) is 5.82 Å². The molecule has 1 aliphatic carbocycles. The van der Waals surface area contributed by atoms with E-state index in [4.69, 9.17) is 17.3 Å². The van der Waals surface area contributed by atoms with Gasteiger partial charge in [-0.3, -0.25) is 0 Å². The van der Waals surface area contributed by atoms with Crippen molar-refractivity contribution in [1.29, 1.82) is 0 Å². The van der Waals surface area contributed by atoms with Gasteiger partial charge in [0.2, 0.25) is 0 Å². The highest BCUT2D eigenvalue weighted by Gasteiger charge is 2.50. The number of nitrogens with two attached hydrogens (primary N) is 1. The molecule has 0 amide bonds. The number of halogens is 1. The summed E-state index contributed by atoms with van der Waals surface area (Å²) < 4.78 is 0. The third kappa shape index (κ3) is 1.24. The number of allylic oxidation sites excluding steroid dienone is 1. The van der Waals surface area contributed by atoms with Gasteiger partial charge in [-0.25, -0.2) is 4.98 Å². The quantitative estimate of drug-likeness (QED) is 0.785. The number of nitrogens with one attached hydrogen (secondary N) is 1. The van der Waals surface area contributed by atoms with Crippen molar-refractivity contribution in [3.63, 3.8) is 0 Å². The van der Waals surface area contributed by atoms with Crippen LogP contribution < -0.4 is 11.1 Å². The lowest BCUT2D eigenvalue weighted by molar-refractivity contribution is 0.191. The van der Waals surface area contributed by atoms with E-state index < -0.39 is 0 Å². The zero-order valence-corrected chi connectivity index (χ0v) is 9.72. The minimum Gasteiger partial charge on any atom is -0.402 e. The fraction of sp³-hybridized carbons (Fsp3) is 0.417. The van der Waals surface area contributed by atoms with E-state index in [1.54, 1.807) is 6.20 Å². The summed E-state index contributed by atoms with van der Waals surface area (Å²) >= 11 is 6.00. The first-order chi connectivity index (χ1) is 7.61. The molecule has 1 spiro atoms. The Bertz CT molecular complexity index is 463. The minimum atomic E-state index is 0.195. The van der Waals surface area contributed by atoms with Crippen molar-refractivity contribution in [1.82, 2.24) is 4.98 Å². The Labute approximate surface area is 99.7 Å². The summed E-state index contributed by atoms with van der Waals surface area (Å²) in [7, 11) is 0. The van der Waals surface area contributed by atoms with Crippen LogP contribution in [0.3, 0.4) is 0 Å². The van der Waals surface area contributed by atoms with Gasteiger partial charge in [0, 0.05) is 29.4 Å². The largest absolute Gasteiger partial charge is 0.402 e. The van der Waals surface area contributed by atoms with Crippen LogP contribution in [0.25, 0.3) is 0 Å². The molecule has 1 fully saturated rings. The van der Waals surface area contributed by atoms with E-state index in [1.807, 2.05) is 6.07 Å². The van der Waals surface area contributed by atoms with Gasteiger partial charge in [0.1, 0.15) is 5.82 Å². The molecule has 1 aliphatic heterocycles. The summed E-state index contributed by atoms with van der Waals surface area (Å²) in [6.07, 6.45) is 3.80. The number of rotatable bonds is 1. The number of nitrogens with zero attached hydrogens (tertiary/aromatic N) is 1. The third-order valence-corrected chi connectivity index (χ3v) is 4.03. The fourth-order valence-electron chi connectivity index (χ4n) is 2.84.